The van der Waals surface area contributed by atoms with Gasteiger partial charge in [0.25, 0.3) is 0 Å². The van der Waals surface area contributed by atoms with Gasteiger partial charge in [-0.3, -0.25) is 0 Å². The molecule has 0 unspecified atom stereocenters. The highest BCUT2D eigenvalue weighted by Gasteiger charge is 2.24. The molecule has 3 heterocycles. The predicted octanol–water partition coefficient (Wildman–Crippen LogP) is 11.5. The summed E-state index contributed by atoms with van der Waals surface area (Å²) in [4.78, 5) is 14.8. The zero-order chi connectivity index (χ0) is 43.5. The maximum absolute atomic E-state index is 9.47. The van der Waals surface area contributed by atoms with Gasteiger partial charge in [-0.05, 0) is 24.2 Å². The van der Waals surface area contributed by atoms with Gasteiger partial charge in [0.05, 0.1) is 33.2 Å². The van der Waals surface area contributed by atoms with Crippen LogP contribution in [-0.4, -0.2) is 19.5 Å². The largest absolute Gasteiger partial charge is 0.455 e. The lowest BCUT2D eigenvalue weighted by atomic mass is 9.97. The fourth-order valence-corrected chi connectivity index (χ4v) is 6.39. The van der Waals surface area contributed by atoms with E-state index in [1.165, 1.54) is 16.7 Å². The number of benzene rings is 7. The third-order valence-electron chi connectivity index (χ3n) is 8.58. The van der Waals surface area contributed by atoms with Crippen molar-refractivity contribution >= 4 is 43.7 Å². The van der Waals surface area contributed by atoms with Gasteiger partial charge in [0.15, 0.2) is 17.5 Å². The molecule has 7 aromatic carbocycles. The SMILES string of the molecule is [2H]c1cc([2H])c2oc3c(-c4cccc(-c5nc(-c6ccccc6)nc(-c6ccccc6)n5)c4-n4c5c([2H])cc([2H])c([2H])c5c5c([2H])c([2H])cc([2H])c54)c([2H])c([2H])c([2H])c3c2c1[2H]. The van der Waals surface area contributed by atoms with E-state index < -0.39 is 18.1 Å². The third kappa shape index (κ3) is 4.45. The summed E-state index contributed by atoms with van der Waals surface area (Å²) in [5, 5.41) is -0.170. The monoisotopic (exact) mass is 652 g/mol. The van der Waals surface area contributed by atoms with Crippen LogP contribution in [0, 0.1) is 0 Å². The molecule has 5 nitrogen and oxygen atoms in total. The van der Waals surface area contributed by atoms with E-state index in [4.69, 9.17) is 31.7 Å². The van der Waals surface area contributed by atoms with Gasteiger partial charge in [-0.15, -0.1) is 0 Å². The molecule has 234 valence electrons. The van der Waals surface area contributed by atoms with Crippen LogP contribution in [0.5, 0.6) is 0 Å². The zero-order valence-corrected chi connectivity index (χ0v) is 25.9. The molecule has 0 atom stereocenters. The lowest BCUT2D eigenvalue weighted by molar-refractivity contribution is 0.670. The summed E-state index contributed by atoms with van der Waals surface area (Å²) in [6, 6.07) is 22.7. The normalized spacial score (nSPS) is 15.0. The second kappa shape index (κ2) is 11.4. The molecule has 0 fully saturated rings. The number of hydrogen-bond donors (Lipinski definition) is 0. The minimum atomic E-state index is -0.546. The number of hydrogen-bond acceptors (Lipinski definition) is 4. The van der Waals surface area contributed by atoms with Crippen molar-refractivity contribution in [2.24, 2.45) is 0 Å². The molecule has 10 aromatic rings. The van der Waals surface area contributed by atoms with E-state index >= 15 is 0 Å². The summed E-state index contributed by atoms with van der Waals surface area (Å²) in [7, 11) is 0. The number of aromatic nitrogens is 4. The smallest absolute Gasteiger partial charge is 0.166 e. The molecule has 0 bridgehead atoms. The van der Waals surface area contributed by atoms with E-state index in [2.05, 4.69) is 0 Å². The summed E-state index contributed by atoms with van der Waals surface area (Å²) < 4.78 is 115. The Balaban J connectivity index is 1.46. The van der Waals surface area contributed by atoms with E-state index in [0.717, 1.165) is 6.07 Å². The molecule has 50 heavy (non-hydrogen) atoms. The first-order chi connectivity index (χ1) is 29.8. The van der Waals surface area contributed by atoms with Gasteiger partial charge in [-0.2, -0.15) is 0 Å². The summed E-state index contributed by atoms with van der Waals surface area (Å²) in [5.74, 6) is 0.672. The van der Waals surface area contributed by atoms with Crippen LogP contribution in [0.1, 0.15) is 16.4 Å². The first kappa shape index (κ1) is 18.6. The molecule has 5 heteroatoms. The highest BCUT2D eigenvalue weighted by Crippen LogP contribution is 2.44. The third-order valence-corrected chi connectivity index (χ3v) is 8.58. The van der Waals surface area contributed by atoms with E-state index in [1.54, 1.807) is 18.2 Å². The molecule has 0 saturated carbocycles. The Labute approximate surface area is 304 Å². The van der Waals surface area contributed by atoms with Crippen LogP contribution < -0.4 is 0 Å². The lowest BCUT2D eigenvalue weighted by Gasteiger charge is -2.19. The average molecular weight is 653 g/mol. The Morgan fingerprint density at radius 1 is 0.440 bits per heavy atom. The molecular formula is C45H28N4O. The topological polar surface area (TPSA) is 56.7 Å². The van der Waals surface area contributed by atoms with Crippen molar-refractivity contribution in [2.75, 3.05) is 0 Å². The van der Waals surface area contributed by atoms with E-state index in [1.807, 2.05) is 60.7 Å². The molecule has 0 amide bonds. The molecule has 0 spiro atoms. The van der Waals surface area contributed by atoms with Crippen LogP contribution in [0.15, 0.2) is 174 Å². The van der Waals surface area contributed by atoms with Gasteiger partial charge in [0.2, 0.25) is 0 Å². The van der Waals surface area contributed by atoms with Crippen LogP contribution in [0.3, 0.4) is 0 Å². The van der Waals surface area contributed by atoms with E-state index in [0.29, 0.717) is 22.8 Å². The van der Waals surface area contributed by atoms with Crippen molar-refractivity contribution in [3.8, 4) is 51.0 Å². The summed E-state index contributed by atoms with van der Waals surface area (Å²) in [6.07, 6.45) is 0. The van der Waals surface area contributed by atoms with Gasteiger partial charge in [0, 0.05) is 49.4 Å². The van der Waals surface area contributed by atoms with Crippen molar-refractivity contribution < 1.29 is 20.9 Å². The minimum absolute atomic E-state index is 0.000697. The molecule has 0 saturated heterocycles. The fraction of sp³-hybridized carbons (Fsp3) is 0. The summed E-state index contributed by atoms with van der Waals surface area (Å²) >= 11 is 0. The Bertz CT molecular complexity index is 3430. The fourth-order valence-electron chi connectivity index (χ4n) is 6.39. The maximum Gasteiger partial charge on any atom is 0.166 e. The van der Waals surface area contributed by atoms with Gasteiger partial charge < -0.3 is 8.98 Å². The van der Waals surface area contributed by atoms with Crippen molar-refractivity contribution in [3.05, 3.63) is 170 Å². The number of rotatable bonds is 5. The molecule has 0 N–H and O–H groups in total. The second-order valence-corrected chi connectivity index (χ2v) is 11.5. The Morgan fingerprint density at radius 2 is 1.00 bits per heavy atom. The molecular weight excluding hydrogens is 613 g/mol. The Hall–Kier alpha value is -6.85. The molecule has 0 radical (unpaired) electrons. The van der Waals surface area contributed by atoms with Crippen molar-refractivity contribution in [3.63, 3.8) is 0 Å². The maximum atomic E-state index is 9.47. The molecule has 10 rings (SSSR count). The van der Waals surface area contributed by atoms with Crippen LogP contribution in [0.2, 0.25) is 0 Å². The van der Waals surface area contributed by atoms with Crippen LogP contribution in [0.25, 0.3) is 94.7 Å². The van der Waals surface area contributed by atoms with Crippen molar-refractivity contribution in [1.82, 2.24) is 19.5 Å². The molecule has 0 aliphatic rings. The summed E-state index contributed by atoms with van der Waals surface area (Å²) in [5.41, 5.74) is 1.43. The average Bonchev–Trinajstić information content (AvgIpc) is 3.85. The van der Waals surface area contributed by atoms with Crippen molar-refractivity contribution in [1.29, 1.82) is 0 Å². The number of fused-ring (bicyclic) bond motifs is 6. The summed E-state index contributed by atoms with van der Waals surface area (Å²) in [6.45, 7) is 0. The van der Waals surface area contributed by atoms with Gasteiger partial charge >= 0.3 is 0 Å². The zero-order valence-electron chi connectivity index (χ0n) is 37.9. The highest BCUT2D eigenvalue weighted by molar-refractivity contribution is 6.13. The number of furan rings is 1. The number of para-hydroxylation sites is 5. The van der Waals surface area contributed by atoms with E-state index in [9.17, 15) is 4.11 Å². The van der Waals surface area contributed by atoms with Gasteiger partial charge in [0.1, 0.15) is 11.2 Å². The second-order valence-electron chi connectivity index (χ2n) is 11.5. The predicted molar refractivity (Wildman–Crippen MR) is 203 cm³/mol. The van der Waals surface area contributed by atoms with Crippen LogP contribution >= 0.6 is 0 Å². The standard InChI is InChI=1S/C45H28N4O/c1-3-15-29(16-4-1)43-46-44(30-17-5-2-6-18-30)48-45(47-43)37-25-13-22-34(36-24-14-23-35-33-21-9-12-28-40(33)50-42(35)36)41(37)49-38-26-10-7-19-31(38)32-20-8-11-27-39(32)49/h1-28H/i7D,8D,9D,14D,19D,20D,21D,23D,24D,26D,27D,28D. The quantitative estimate of drug-likeness (QED) is 0.186. The van der Waals surface area contributed by atoms with Gasteiger partial charge in [-0.25, -0.2) is 15.0 Å². The van der Waals surface area contributed by atoms with E-state index in [-0.39, 0.29) is 126 Å². The van der Waals surface area contributed by atoms with Crippen LogP contribution in [0.4, 0.5) is 0 Å². The molecule has 0 aliphatic heterocycles. The number of nitrogens with zero attached hydrogens (tertiary/aromatic N) is 4. The first-order valence-corrected chi connectivity index (χ1v) is 15.7. The first-order valence-electron chi connectivity index (χ1n) is 21.7. The highest BCUT2D eigenvalue weighted by atomic mass is 16.3. The molecule has 3 aromatic heterocycles. The van der Waals surface area contributed by atoms with Crippen molar-refractivity contribution in [2.45, 2.75) is 0 Å². The molecule has 0 aliphatic carbocycles. The Kier molecular flexibility index (Phi) is 4.24. The van der Waals surface area contributed by atoms with Crippen LogP contribution in [-0.2, 0) is 0 Å². The minimum Gasteiger partial charge on any atom is -0.455 e. The van der Waals surface area contributed by atoms with Gasteiger partial charge in [-0.1, -0.05) is 145 Å². The lowest BCUT2D eigenvalue weighted by Crippen LogP contribution is -2.05. The Morgan fingerprint density at radius 3 is 1.66 bits per heavy atom.